The van der Waals surface area contributed by atoms with Crippen molar-refractivity contribution in [2.24, 2.45) is 12.5 Å². The molecule has 6 rings (SSSR count). The van der Waals surface area contributed by atoms with Crippen LogP contribution in [-0.4, -0.2) is 29.8 Å². The largest absolute Gasteiger partial charge is 0.383 e. The zero-order valence-electron chi connectivity index (χ0n) is 14.3. The molecular weight excluding hydrogens is 346 g/mol. The van der Waals surface area contributed by atoms with E-state index in [0.29, 0.717) is 5.41 Å². The predicted molar refractivity (Wildman–Crippen MR) is 99.7 cm³/mol. The zero-order chi connectivity index (χ0) is 17.5. The smallest absolute Gasteiger partial charge is 0.181 e. The highest BCUT2D eigenvalue weighted by Gasteiger charge is 2.62. The van der Waals surface area contributed by atoms with Gasteiger partial charge in [0.15, 0.2) is 5.65 Å². The first kappa shape index (κ1) is 14.8. The summed E-state index contributed by atoms with van der Waals surface area (Å²) in [6, 6.07) is 6.01. The van der Waals surface area contributed by atoms with Crippen LogP contribution in [0.2, 0.25) is 0 Å². The van der Waals surface area contributed by atoms with Gasteiger partial charge in [0.25, 0.3) is 0 Å². The third-order valence-electron chi connectivity index (χ3n) is 5.71. The highest BCUT2D eigenvalue weighted by atomic mass is 32.1. The van der Waals surface area contributed by atoms with Crippen LogP contribution in [-0.2, 0) is 12.6 Å². The van der Waals surface area contributed by atoms with Gasteiger partial charge in [-0.15, -0.1) is 0 Å². The molecule has 2 aliphatic carbocycles. The Labute approximate surface area is 153 Å². The fourth-order valence-electron chi connectivity index (χ4n) is 4.22. The van der Waals surface area contributed by atoms with Crippen LogP contribution < -0.4 is 0 Å². The molecule has 0 radical (unpaired) electrons. The fourth-order valence-corrected chi connectivity index (χ4v) is 5.24. The average Bonchev–Trinajstić information content (AvgIpc) is 3.09. The molecule has 6 nitrogen and oxygen atoms in total. The fraction of sp³-hybridized carbons (Fsp3) is 0.368. The minimum Gasteiger partial charge on any atom is -0.383 e. The van der Waals surface area contributed by atoms with Crippen molar-refractivity contribution < 1.29 is 5.11 Å². The molecule has 0 amide bonds. The van der Waals surface area contributed by atoms with E-state index in [9.17, 15) is 5.11 Å². The summed E-state index contributed by atoms with van der Waals surface area (Å²) in [5.74, 6) is 0. The monoisotopic (exact) mass is 363 g/mol. The van der Waals surface area contributed by atoms with Crippen molar-refractivity contribution in [2.75, 3.05) is 0 Å². The highest BCUT2D eigenvalue weighted by molar-refractivity contribution is 7.18. The molecule has 1 spiro atoms. The molecule has 0 unspecified atom stereocenters. The summed E-state index contributed by atoms with van der Waals surface area (Å²) in [6.45, 7) is 0. The van der Waals surface area contributed by atoms with Crippen molar-refractivity contribution in [3.63, 3.8) is 0 Å². The van der Waals surface area contributed by atoms with Gasteiger partial charge in [-0.05, 0) is 49.3 Å². The predicted octanol–water partition coefficient (Wildman–Crippen LogP) is 3.40. The second kappa shape index (κ2) is 4.66. The quantitative estimate of drug-likeness (QED) is 0.591. The first-order valence-electron chi connectivity index (χ1n) is 8.82. The Kier molecular flexibility index (Phi) is 2.65. The maximum atomic E-state index is 10.9. The van der Waals surface area contributed by atoms with Gasteiger partial charge in [-0.1, -0.05) is 11.3 Å². The molecule has 0 saturated heterocycles. The van der Waals surface area contributed by atoms with Gasteiger partial charge < -0.3 is 5.11 Å². The van der Waals surface area contributed by atoms with Crippen molar-refractivity contribution in [1.82, 2.24) is 24.7 Å². The van der Waals surface area contributed by atoms with Crippen LogP contribution in [0.4, 0.5) is 0 Å². The molecule has 26 heavy (non-hydrogen) atoms. The van der Waals surface area contributed by atoms with E-state index in [1.54, 1.807) is 4.68 Å². The van der Waals surface area contributed by atoms with E-state index >= 15 is 0 Å². The van der Waals surface area contributed by atoms with Crippen molar-refractivity contribution in [3.05, 3.63) is 35.6 Å². The maximum absolute atomic E-state index is 10.9. The van der Waals surface area contributed by atoms with E-state index < -0.39 is 5.60 Å². The van der Waals surface area contributed by atoms with E-state index in [2.05, 4.69) is 21.1 Å². The summed E-state index contributed by atoms with van der Waals surface area (Å²) in [4.78, 5) is 14.7. The molecule has 2 aliphatic rings. The second-order valence-electron chi connectivity index (χ2n) is 7.86. The molecule has 4 heterocycles. The summed E-state index contributed by atoms with van der Waals surface area (Å²) >= 11 is 1.52. The van der Waals surface area contributed by atoms with Crippen molar-refractivity contribution in [3.8, 4) is 11.3 Å². The molecule has 130 valence electrons. The van der Waals surface area contributed by atoms with Gasteiger partial charge in [-0.3, -0.25) is 4.68 Å². The number of aromatic nitrogens is 5. The van der Waals surface area contributed by atoms with Gasteiger partial charge in [0, 0.05) is 30.4 Å². The molecule has 0 aromatic carbocycles. The molecular formula is C19H17N5OS. The maximum Gasteiger partial charge on any atom is 0.181 e. The van der Waals surface area contributed by atoms with E-state index in [0.717, 1.165) is 50.5 Å². The minimum absolute atomic E-state index is 0.427. The van der Waals surface area contributed by atoms with Crippen LogP contribution >= 0.6 is 11.3 Å². The number of pyridine rings is 2. The molecule has 0 atom stereocenters. The van der Waals surface area contributed by atoms with Gasteiger partial charge in [-0.25, -0.2) is 15.0 Å². The number of rotatable bonds is 2. The molecule has 0 bridgehead atoms. The SMILES string of the molecule is Cn1cc2cc(-c3ccc4nc(C5(O)CC6(CC6)C5)sc4n3)cnc2n1. The molecule has 4 aromatic rings. The van der Waals surface area contributed by atoms with Gasteiger partial charge in [0.05, 0.1) is 5.69 Å². The summed E-state index contributed by atoms with van der Waals surface area (Å²) in [5.41, 5.74) is 3.11. The summed E-state index contributed by atoms with van der Waals surface area (Å²) in [6.07, 6.45) is 7.98. The number of fused-ring (bicyclic) bond motifs is 2. The lowest BCUT2D eigenvalue weighted by atomic mass is 9.68. The summed E-state index contributed by atoms with van der Waals surface area (Å²) < 4.78 is 1.76. The number of nitrogens with zero attached hydrogens (tertiary/aromatic N) is 5. The number of thiazole rings is 1. The Balaban J connectivity index is 1.40. The minimum atomic E-state index is -0.738. The van der Waals surface area contributed by atoms with Crippen LogP contribution in [0.1, 0.15) is 30.7 Å². The summed E-state index contributed by atoms with van der Waals surface area (Å²) in [5, 5.41) is 17.0. The third-order valence-corrected chi connectivity index (χ3v) is 6.87. The number of hydrogen-bond donors (Lipinski definition) is 1. The lowest BCUT2D eigenvalue weighted by Crippen LogP contribution is -2.42. The van der Waals surface area contributed by atoms with E-state index in [1.165, 1.54) is 24.2 Å². The van der Waals surface area contributed by atoms with Gasteiger partial charge in [-0.2, -0.15) is 5.10 Å². The van der Waals surface area contributed by atoms with Crippen molar-refractivity contribution in [2.45, 2.75) is 31.3 Å². The van der Waals surface area contributed by atoms with Crippen LogP contribution in [0.15, 0.2) is 30.6 Å². The molecule has 2 fully saturated rings. The van der Waals surface area contributed by atoms with Crippen molar-refractivity contribution in [1.29, 1.82) is 0 Å². The zero-order valence-corrected chi connectivity index (χ0v) is 15.1. The van der Waals surface area contributed by atoms with E-state index in [1.807, 2.05) is 31.6 Å². The van der Waals surface area contributed by atoms with E-state index in [-0.39, 0.29) is 0 Å². The van der Waals surface area contributed by atoms with Crippen LogP contribution in [0.3, 0.4) is 0 Å². The topological polar surface area (TPSA) is 76.7 Å². The second-order valence-corrected chi connectivity index (χ2v) is 8.84. The van der Waals surface area contributed by atoms with Gasteiger partial charge in [0.2, 0.25) is 0 Å². The van der Waals surface area contributed by atoms with E-state index in [4.69, 9.17) is 4.98 Å². The lowest BCUT2D eigenvalue weighted by Gasteiger charge is -2.42. The molecule has 0 aliphatic heterocycles. The molecule has 4 aromatic heterocycles. The third kappa shape index (κ3) is 2.07. The normalized spacial score (nSPS) is 19.9. The average molecular weight is 363 g/mol. The molecule has 7 heteroatoms. The van der Waals surface area contributed by atoms with Crippen LogP contribution in [0, 0.1) is 5.41 Å². The first-order chi connectivity index (χ1) is 12.5. The molecule has 1 N–H and O–H groups in total. The Bertz CT molecular complexity index is 1180. The van der Waals surface area contributed by atoms with Crippen LogP contribution in [0.25, 0.3) is 32.6 Å². The Morgan fingerprint density at radius 1 is 1.19 bits per heavy atom. The Morgan fingerprint density at radius 3 is 2.85 bits per heavy atom. The standard InChI is InChI=1S/C19H17N5OS/c1-24-8-12-6-11(7-20-15(12)23-24)13-2-3-14-16(21-13)26-17(22-14)19(25)9-18(10-19)4-5-18/h2-3,6-8,25H,4-5,9-10H2,1H3. The van der Waals surface area contributed by atoms with Crippen LogP contribution in [0.5, 0.6) is 0 Å². The molecule has 2 saturated carbocycles. The lowest BCUT2D eigenvalue weighted by molar-refractivity contribution is -0.0916. The van der Waals surface area contributed by atoms with Crippen molar-refractivity contribution >= 4 is 32.7 Å². The summed E-state index contributed by atoms with van der Waals surface area (Å²) in [7, 11) is 1.89. The Hall–Kier alpha value is -2.38. The number of aryl methyl sites for hydroxylation is 1. The number of hydrogen-bond acceptors (Lipinski definition) is 6. The first-order valence-corrected chi connectivity index (χ1v) is 9.64. The Morgan fingerprint density at radius 2 is 2.04 bits per heavy atom. The highest BCUT2D eigenvalue weighted by Crippen LogP contribution is 2.68. The van der Waals surface area contributed by atoms with Gasteiger partial charge >= 0.3 is 0 Å². The van der Waals surface area contributed by atoms with Gasteiger partial charge in [0.1, 0.15) is 21.0 Å². The number of aliphatic hydroxyl groups is 1.